The first kappa shape index (κ1) is 21.6. The number of fused-ring (bicyclic) bond motifs is 1. The molecule has 0 radical (unpaired) electrons. The summed E-state index contributed by atoms with van der Waals surface area (Å²) in [6.45, 7) is 3.30. The number of hydrogen-bond donors (Lipinski definition) is 3. The quantitative estimate of drug-likeness (QED) is 0.354. The van der Waals surface area contributed by atoms with Crippen molar-refractivity contribution >= 4 is 16.9 Å². The van der Waals surface area contributed by atoms with Crippen molar-refractivity contribution in [3.05, 3.63) is 65.0 Å². The van der Waals surface area contributed by atoms with E-state index in [1.807, 2.05) is 24.3 Å². The summed E-state index contributed by atoms with van der Waals surface area (Å²) >= 11 is 0. The molecule has 31 heavy (non-hydrogen) atoms. The van der Waals surface area contributed by atoms with Gasteiger partial charge in [-0.15, -0.1) is 0 Å². The second-order valence-corrected chi connectivity index (χ2v) is 8.95. The predicted octanol–water partition coefficient (Wildman–Crippen LogP) is 5.07. The van der Waals surface area contributed by atoms with E-state index in [4.69, 9.17) is 16.1 Å². The van der Waals surface area contributed by atoms with E-state index in [0.29, 0.717) is 6.04 Å². The van der Waals surface area contributed by atoms with Crippen molar-refractivity contribution in [2.45, 2.75) is 57.9 Å². The molecule has 2 aromatic carbocycles. The number of nitrogens with one attached hydrogen (secondary N) is 2. The maximum Gasteiger partial charge on any atom is 0.122 e. The SMILES string of the molecule is CCCNC(c1ccc2c(c1)nc(Cc1ccc(C(=N)N)cc1)n2C)C1CCCCC1. The average Bonchev–Trinajstić information content (AvgIpc) is 3.10. The van der Waals surface area contributed by atoms with Crippen LogP contribution in [0.25, 0.3) is 11.0 Å². The molecule has 5 nitrogen and oxygen atoms in total. The fourth-order valence-corrected chi connectivity index (χ4v) is 4.93. The number of imidazole rings is 1. The van der Waals surface area contributed by atoms with Crippen molar-refractivity contribution < 1.29 is 0 Å². The molecule has 0 aliphatic heterocycles. The first-order valence-electron chi connectivity index (χ1n) is 11.7. The van der Waals surface area contributed by atoms with Gasteiger partial charge in [-0.25, -0.2) is 4.98 Å². The summed E-state index contributed by atoms with van der Waals surface area (Å²) in [5.74, 6) is 1.88. The van der Waals surface area contributed by atoms with Gasteiger partial charge in [-0.2, -0.15) is 0 Å². The Hall–Kier alpha value is -2.66. The van der Waals surface area contributed by atoms with Gasteiger partial charge >= 0.3 is 0 Å². The van der Waals surface area contributed by atoms with Crippen LogP contribution >= 0.6 is 0 Å². The number of benzene rings is 2. The average molecular weight is 418 g/mol. The van der Waals surface area contributed by atoms with Crippen molar-refractivity contribution in [2.75, 3.05) is 6.54 Å². The number of nitrogens with two attached hydrogens (primary N) is 1. The molecule has 1 fully saturated rings. The zero-order chi connectivity index (χ0) is 21.8. The number of nitrogen functional groups attached to an aromatic ring is 1. The van der Waals surface area contributed by atoms with E-state index in [1.165, 1.54) is 48.7 Å². The van der Waals surface area contributed by atoms with Gasteiger partial charge in [-0.1, -0.05) is 56.5 Å². The molecule has 1 aliphatic carbocycles. The molecule has 5 heteroatoms. The lowest BCUT2D eigenvalue weighted by molar-refractivity contribution is 0.272. The Kier molecular flexibility index (Phi) is 6.71. The van der Waals surface area contributed by atoms with E-state index in [2.05, 4.69) is 42.1 Å². The largest absolute Gasteiger partial charge is 0.384 e. The van der Waals surface area contributed by atoms with Crippen LogP contribution in [0, 0.1) is 11.3 Å². The molecule has 1 aliphatic rings. The van der Waals surface area contributed by atoms with E-state index in [9.17, 15) is 0 Å². The van der Waals surface area contributed by atoms with E-state index >= 15 is 0 Å². The highest BCUT2D eigenvalue weighted by Crippen LogP contribution is 2.35. The normalized spacial score (nSPS) is 15.9. The van der Waals surface area contributed by atoms with Gasteiger partial charge < -0.3 is 15.6 Å². The molecule has 4 rings (SSSR count). The minimum absolute atomic E-state index is 0.103. The lowest BCUT2D eigenvalue weighted by atomic mass is 9.81. The van der Waals surface area contributed by atoms with Crippen molar-refractivity contribution in [3.8, 4) is 0 Å². The minimum atomic E-state index is 0.103. The van der Waals surface area contributed by atoms with Crippen LogP contribution < -0.4 is 11.1 Å². The number of hydrogen-bond acceptors (Lipinski definition) is 3. The second-order valence-electron chi connectivity index (χ2n) is 8.95. The maximum absolute atomic E-state index is 7.56. The predicted molar refractivity (Wildman–Crippen MR) is 129 cm³/mol. The molecular weight excluding hydrogens is 382 g/mol. The molecule has 0 saturated heterocycles. The Bertz CT molecular complexity index is 1030. The third-order valence-corrected chi connectivity index (χ3v) is 6.72. The van der Waals surface area contributed by atoms with Crippen molar-refractivity contribution in [3.63, 3.8) is 0 Å². The Balaban J connectivity index is 1.60. The standard InChI is InChI=1S/C26H35N5/c1-3-15-29-25(19-7-5-4-6-8-19)21-13-14-23-22(17-21)30-24(31(23)2)16-18-9-11-20(12-10-18)26(27)28/h9-14,17,19,25,29H,3-8,15-16H2,1-2H3,(H3,27,28). The zero-order valence-corrected chi connectivity index (χ0v) is 18.8. The molecule has 1 saturated carbocycles. The first-order chi connectivity index (χ1) is 15.1. The molecule has 1 unspecified atom stereocenters. The molecule has 1 aromatic heterocycles. The molecule has 0 amide bonds. The van der Waals surface area contributed by atoms with Crippen LogP contribution in [0.1, 0.15) is 74.0 Å². The summed E-state index contributed by atoms with van der Waals surface area (Å²) in [4.78, 5) is 5.00. The van der Waals surface area contributed by atoms with E-state index < -0.39 is 0 Å². The third kappa shape index (κ3) is 4.82. The topological polar surface area (TPSA) is 79.7 Å². The van der Waals surface area contributed by atoms with Crippen LogP contribution in [0.3, 0.4) is 0 Å². The molecule has 164 valence electrons. The van der Waals surface area contributed by atoms with Gasteiger partial charge in [0.05, 0.1) is 11.0 Å². The lowest BCUT2D eigenvalue weighted by Crippen LogP contribution is -2.30. The van der Waals surface area contributed by atoms with Crippen LogP contribution in [0.4, 0.5) is 0 Å². The van der Waals surface area contributed by atoms with Crippen molar-refractivity contribution in [2.24, 2.45) is 18.7 Å². The van der Waals surface area contributed by atoms with Crippen molar-refractivity contribution in [1.82, 2.24) is 14.9 Å². The van der Waals surface area contributed by atoms with Crippen LogP contribution in [0.5, 0.6) is 0 Å². The van der Waals surface area contributed by atoms with Crippen LogP contribution in [-0.4, -0.2) is 21.9 Å². The summed E-state index contributed by atoms with van der Waals surface area (Å²) in [5.41, 5.74) is 11.1. The third-order valence-electron chi connectivity index (χ3n) is 6.72. The summed E-state index contributed by atoms with van der Waals surface area (Å²) in [6, 6.07) is 15.2. The molecular formula is C26H35N5. The highest BCUT2D eigenvalue weighted by molar-refractivity contribution is 5.94. The van der Waals surface area contributed by atoms with Gasteiger partial charge in [0.25, 0.3) is 0 Å². The highest BCUT2D eigenvalue weighted by Gasteiger charge is 2.25. The Labute approximate surface area is 185 Å². The lowest BCUT2D eigenvalue weighted by Gasteiger charge is -2.31. The molecule has 4 N–H and O–H groups in total. The number of aryl methyl sites for hydroxylation is 1. The molecule has 1 heterocycles. The maximum atomic E-state index is 7.56. The van der Waals surface area contributed by atoms with E-state index in [0.717, 1.165) is 42.2 Å². The van der Waals surface area contributed by atoms with Crippen LogP contribution in [0.2, 0.25) is 0 Å². The highest BCUT2D eigenvalue weighted by atomic mass is 15.1. The minimum Gasteiger partial charge on any atom is -0.384 e. The van der Waals surface area contributed by atoms with Gasteiger partial charge in [0, 0.05) is 25.1 Å². The Morgan fingerprint density at radius 2 is 1.90 bits per heavy atom. The summed E-state index contributed by atoms with van der Waals surface area (Å²) in [7, 11) is 2.10. The smallest absolute Gasteiger partial charge is 0.122 e. The fraction of sp³-hybridized carbons (Fsp3) is 0.462. The van der Waals surface area contributed by atoms with Gasteiger partial charge in [0.15, 0.2) is 0 Å². The summed E-state index contributed by atoms with van der Waals surface area (Å²) in [5, 5.41) is 11.4. The van der Waals surface area contributed by atoms with E-state index in [1.54, 1.807) is 0 Å². The van der Waals surface area contributed by atoms with Gasteiger partial charge in [0.1, 0.15) is 11.7 Å². The van der Waals surface area contributed by atoms with Gasteiger partial charge in [-0.05, 0) is 55.0 Å². The number of aromatic nitrogens is 2. The van der Waals surface area contributed by atoms with Gasteiger partial charge in [-0.3, -0.25) is 5.41 Å². The second kappa shape index (κ2) is 9.65. The Morgan fingerprint density at radius 3 is 2.58 bits per heavy atom. The first-order valence-corrected chi connectivity index (χ1v) is 11.7. The number of rotatable bonds is 8. The molecule has 3 aromatic rings. The van der Waals surface area contributed by atoms with Crippen molar-refractivity contribution in [1.29, 1.82) is 5.41 Å². The fourth-order valence-electron chi connectivity index (χ4n) is 4.93. The van der Waals surface area contributed by atoms with Gasteiger partial charge in [0.2, 0.25) is 0 Å². The molecule has 1 atom stereocenters. The van der Waals surface area contributed by atoms with Crippen LogP contribution in [-0.2, 0) is 13.5 Å². The summed E-state index contributed by atoms with van der Waals surface area (Å²) < 4.78 is 2.20. The van der Waals surface area contributed by atoms with E-state index in [-0.39, 0.29) is 5.84 Å². The molecule has 0 bridgehead atoms. The molecule has 0 spiro atoms. The monoisotopic (exact) mass is 417 g/mol. The number of nitrogens with zero attached hydrogens (tertiary/aromatic N) is 2. The summed E-state index contributed by atoms with van der Waals surface area (Å²) in [6.07, 6.45) is 8.65. The Morgan fingerprint density at radius 1 is 1.16 bits per heavy atom. The number of amidine groups is 1. The zero-order valence-electron chi connectivity index (χ0n) is 18.8. The van der Waals surface area contributed by atoms with Crippen LogP contribution in [0.15, 0.2) is 42.5 Å².